The third-order valence-corrected chi connectivity index (χ3v) is 2.48. The van der Waals surface area contributed by atoms with Gasteiger partial charge in [0.2, 0.25) is 0 Å². The lowest BCUT2D eigenvalue weighted by molar-refractivity contribution is 0.111. The van der Waals surface area contributed by atoms with Crippen molar-refractivity contribution in [3.63, 3.8) is 0 Å². The Morgan fingerprint density at radius 3 is 3.07 bits per heavy atom. The van der Waals surface area contributed by atoms with E-state index in [1.54, 1.807) is 5.01 Å². The van der Waals surface area contributed by atoms with Crippen LogP contribution in [0, 0.1) is 5.92 Å². The van der Waals surface area contributed by atoms with Gasteiger partial charge in [-0.3, -0.25) is 9.82 Å². The molecule has 15 heavy (non-hydrogen) atoms. The van der Waals surface area contributed by atoms with Crippen LogP contribution in [0.15, 0.2) is 0 Å². The number of rotatable bonds is 5. The third kappa shape index (κ3) is 4.46. The number of alkyl halides is 1. The Balaban J connectivity index is 2.10. The molecule has 0 radical (unpaired) electrons. The van der Waals surface area contributed by atoms with E-state index in [2.05, 4.69) is 5.43 Å². The number of nitrogens with one attached hydrogen (secondary N) is 1. The van der Waals surface area contributed by atoms with Gasteiger partial charge in [-0.2, -0.15) is 0 Å². The summed E-state index contributed by atoms with van der Waals surface area (Å²) in [5.41, 5.74) is 2.61. The van der Waals surface area contributed by atoms with Gasteiger partial charge in [-0.05, 0) is 12.8 Å². The molecule has 0 aromatic rings. The summed E-state index contributed by atoms with van der Waals surface area (Å²) in [6.45, 7) is 3.45. The molecule has 1 N–H and O–H groups in total. The zero-order valence-corrected chi connectivity index (χ0v) is 9.17. The normalized spacial score (nSPS) is 21.6. The average molecular weight is 218 g/mol. The number of carbonyl (C=O) groups excluding carboxylic acids is 1. The van der Waals surface area contributed by atoms with Gasteiger partial charge in [0.1, 0.15) is 0 Å². The first-order valence-electron chi connectivity index (χ1n) is 5.50. The molecule has 5 heteroatoms. The van der Waals surface area contributed by atoms with E-state index in [4.69, 9.17) is 4.74 Å². The number of carbonyl (C=O) groups is 1. The summed E-state index contributed by atoms with van der Waals surface area (Å²) in [6, 6.07) is 0. The van der Waals surface area contributed by atoms with Crippen molar-refractivity contribution in [1.82, 2.24) is 10.4 Å². The summed E-state index contributed by atoms with van der Waals surface area (Å²) in [5.74, 6) is 0.0564. The van der Waals surface area contributed by atoms with Crippen LogP contribution in [0.5, 0.6) is 0 Å². The van der Waals surface area contributed by atoms with Crippen LogP contribution >= 0.6 is 0 Å². The first-order valence-corrected chi connectivity index (χ1v) is 5.50. The fraction of sp³-hybridized carbons (Fsp3) is 0.900. The highest BCUT2D eigenvalue weighted by molar-refractivity contribution is 5.66. The van der Waals surface area contributed by atoms with E-state index in [1.165, 1.54) is 0 Å². The summed E-state index contributed by atoms with van der Waals surface area (Å²) in [5, 5.41) is 1.72. The van der Waals surface area contributed by atoms with Gasteiger partial charge in [-0.15, -0.1) is 0 Å². The van der Waals surface area contributed by atoms with Crippen molar-refractivity contribution < 1.29 is 13.9 Å². The number of hydrogen-bond acceptors (Lipinski definition) is 3. The maximum Gasteiger partial charge on any atom is 0.421 e. The lowest BCUT2D eigenvalue weighted by Crippen LogP contribution is -2.41. The fourth-order valence-corrected chi connectivity index (χ4v) is 1.53. The zero-order chi connectivity index (χ0) is 11.1. The van der Waals surface area contributed by atoms with Crippen LogP contribution in [-0.2, 0) is 4.74 Å². The number of amides is 1. The third-order valence-electron chi connectivity index (χ3n) is 2.48. The van der Waals surface area contributed by atoms with Crippen LogP contribution in [0.1, 0.15) is 26.2 Å². The summed E-state index contributed by atoms with van der Waals surface area (Å²) in [4.78, 5) is 11.2. The SMILES string of the molecule is CCCCOC(=O)NN1CC[C@H](CF)C1. The van der Waals surface area contributed by atoms with Gasteiger partial charge in [0, 0.05) is 19.0 Å². The highest BCUT2D eigenvalue weighted by Gasteiger charge is 2.23. The zero-order valence-electron chi connectivity index (χ0n) is 9.17. The Morgan fingerprint density at radius 1 is 1.67 bits per heavy atom. The van der Waals surface area contributed by atoms with Gasteiger partial charge in [0.05, 0.1) is 13.3 Å². The minimum atomic E-state index is -0.428. The van der Waals surface area contributed by atoms with E-state index in [1.807, 2.05) is 6.92 Å². The van der Waals surface area contributed by atoms with Crippen LogP contribution < -0.4 is 5.43 Å². The van der Waals surface area contributed by atoms with E-state index in [0.717, 1.165) is 19.3 Å². The number of ether oxygens (including phenoxy) is 1. The minimum Gasteiger partial charge on any atom is -0.449 e. The largest absolute Gasteiger partial charge is 0.449 e. The van der Waals surface area contributed by atoms with E-state index in [9.17, 15) is 9.18 Å². The summed E-state index contributed by atoms with van der Waals surface area (Å²) in [6.07, 6.45) is 2.25. The molecule has 1 aliphatic heterocycles. The van der Waals surface area contributed by atoms with Gasteiger partial charge in [-0.25, -0.2) is 9.80 Å². The van der Waals surface area contributed by atoms with Crippen LogP contribution in [0.4, 0.5) is 9.18 Å². The molecule has 88 valence electrons. The van der Waals surface area contributed by atoms with Crippen molar-refractivity contribution in [3.8, 4) is 0 Å². The Bertz CT molecular complexity index is 202. The number of nitrogens with zero attached hydrogens (tertiary/aromatic N) is 1. The summed E-state index contributed by atoms with van der Waals surface area (Å²) < 4.78 is 17.2. The number of hydrazine groups is 1. The lowest BCUT2D eigenvalue weighted by atomic mass is 10.1. The number of halogens is 1. The van der Waals surface area contributed by atoms with E-state index < -0.39 is 6.09 Å². The molecular formula is C10H19FN2O2. The molecule has 0 aliphatic carbocycles. The van der Waals surface area contributed by atoms with Crippen LogP contribution in [-0.4, -0.2) is 37.5 Å². The van der Waals surface area contributed by atoms with Gasteiger partial charge in [-0.1, -0.05) is 13.3 Å². The molecule has 1 atom stereocenters. The first-order chi connectivity index (χ1) is 7.26. The molecule has 1 aliphatic rings. The second-order valence-corrected chi connectivity index (χ2v) is 3.86. The highest BCUT2D eigenvalue weighted by atomic mass is 19.1. The second kappa shape index (κ2) is 6.61. The molecule has 0 aromatic heterocycles. The van der Waals surface area contributed by atoms with E-state index in [-0.39, 0.29) is 12.6 Å². The molecule has 0 spiro atoms. The standard InChI is InChI=1S/C10H19FN2O2/c1-2-3-6-15-10(14)12-13-5-4-9(7-11)8-13/h9H,2-8H2,1H3,(H,12,14)/t9-/m1/s1. The predicted octanol–water partition coefficient (Wildman–Crippen LogP) is 1.72. The van der Waals surface area contributed by atoms with Crippen molar-refractivity contribution in [2.24, 2.45) is 5.92 Å². The smallest absolute Gasteiger partial charge is 0.421 e. The molecule has 1 amide bonds. The Kier molecular flexibility index (Phi) is 5.39. The molecule has 1 heterocycles. The molecule has 0 unspecified atom stereocenters. The van der Waals surface area contributed by atoms with E-state index in [0.29, 0.717) is 19.7 Å². The average Bonchev–Trinajstić information content (AvgIpc) is 2.66. The molecule has 4 nitrogen and oxygen atoms in total. The molecule has 0 aromatic carbocycles. The van der Waals surface area contributed by atoms with E-state index >= 15 is 0 Å². The maximum atomic E-state index is 12.3. The molecule has 0 saturated carbocycles. The van der Waals surface area contributed by atoms with Crippen molar-refractivity contribution in [3.05, 3.63) is 0 Å². The fourth-order valence-electron chi connectivity index (χ4n) is 1.53. The quantitative estimate of drug-likeness (QED) is 0.714. The highest BCUT2D eigenvalue weighted by Crippen LogP contribution is 2.14. The molecule has 0 bridgehead atoms. The van der Waals surface area contributed by atoms with Crippen LogP contribution in [0.2, 0.25) is 0 Å². The Hall–Kier alpha value is -0.840. The van der Waals surface area contributed by atoms with Crippen LogP contribution in [0.25, 0.3) is 0 Å². The maximum absolute atomic E-state index is 12.3. The van der Waals surface area contributed by atoms with Gasteiger partial charge in [0.15, 0.2) is 0 Å². The molecular weight excluding hydrogens is 199 g/mol. The number of unbranched alkanes of at least 4 members (excludes halogenated alkanes) is 1. The van der Waals surface area contributed by atoms with Crippen molar-refractivity contribution in [2.75, 3.05) is 26.4 Å². The lowest BCUT2D eigenvalue weighted by Gasteiger charge is -2.16. The monoisotopic (exact) mass is 218 g/mol. The predicted molar refractivity (Wildman–Crippen MR) is 55.0 cm³/mol. The van der Waals surface area contributed by atoms with Gasteiger partial charge in [0.25, 0.3) is 0 Å². The molecule has 1 saturated heterocycles. The summed E-state index contributed by atoms with van der Waals surface area (Å²) in [7, 11) is 0. The summed E-state index contributed by atoms with van der Waals surface area (Å²) >= 11 is 0. The van der Waals surface area contributed by atoms with Gasteiger partial charge >= 0.3 is 6.09 Å². The van der Waals surface area contributed by atoms with Crippen molar-refractivity contribution in [2.45, 2.75) is 26.2 Å². The van der Waals surface area contributed by atoms with Crippen LogP contribution in [0.3, 0.4) is 0 Å². The first kappa shape index (κ1) is 12.2. The molecule has 1 rings (SSSR count). The van der Waals surface area contributed by atoms with Gasteiger partial charge < -0.3 is 4.74 Å². The Labute approximate surface area is 89.7 Å². The Morgan fingerprint density at radius 2 is 2.47 bits per heavy atom. The van der Waals surface area contributed by atoms with Crippen molar-refractivity contribution >= 4 is 6.09 Å². The second-order valence-electron chi connectivity index (χ2n) is 3.86. The molecule has 1 fully saturated rings. The van der Waals surface area contributed by atoms with Crippen molar-refractivity contribution in [1.29, 1.82) is 0 Å². The topological polar surface area (TPSA) is 41.6 Å². The minimum absolute atomic E-state index is 0.0564. The number of hydrogen-bond donors (Lipinski definition) is 1.